The summed E-state index contributed by atoms with van der Waals surface area (Å²) in [6.45, 7) is 19.3. The second kappa shape index (κ2) is 14.6. The predicted molar refractivity (Wildman–Crippen MR) is 181 cm³/mol. The lowest BCUT2D eigenvalue weighted by Gasteiger charge is -2.48. The van der Waals surface area contributed by atoms with E-state index < -0.39 is 19.9 Å². The molecule has 1 aromatic carbocycles. The zero-order chi connectivity index (χ0) is 34.6. The van der Waals surface area contributed by atoms with Crippen molar-refractivity contribution in [2.24, 2.45) is 4.99 Å². The quantitative estimate of drug-likeness (QED) is 0.334. The summed E-state index contributed by atoms with van der Waals surface area (Å²) < 4.78 is 30.7. The first-order valence-electron chi connectivity index (χ1n) is 15.8. The molecule has 1 aromatic heterocycles. The monoisotopic (exact) mass is 669 g/mol. The lowest BCUT2D eigenvalue weighted by molar-refractivity contribution is -0.138. The Morgan fingerprint density at radius 3 is 2.43 bits per heavy atom. The number of hydrogen-bond donors (Lipinski definition) is 1. The lowest BCUT2D eigenvalue weighted by atomic mass is 9.96. The maximum atomic E-state index is 13.8. The fourth-order valence-corrected chi connectivity index (χ4v) is 6.14. The molecule has 2 aromatic rings. The summed E-state index contributed by atoms with van der Waals surface area (Å²) in [6.07, 6.45) is 5.82. The van der Waals surface area contributed by atoms with Gasteiger partial charge in [-0.25, -0.2) is 19.4 Å². The van der Waals surface area contributed by atoms with Gasteiger partial charge in [-0.15, -0.1) is 0 Å². The van der Waals surface area contributed by atoms with Crippen molar-refractivity contribution in [3.05, 3.63) is 54.4 Å². The number of carbonyl (C=O) groups excluding carboxylic acids is 2. The largest absolute Gasteiger partial charge is 0.438 e. The van der Waals surface area contributed by atoms with E-state index in [0.717, 1.165) is 0 Å². The number of amides is 2. The van der Waals surface area contributed by atoms with E-state index in [0.29, 0.717) is 44.2 Å². The molecule has 1 saturated heterocycles. The highest BCUT2D eigenvalue weighted by molar-refractivity contribution is 6.74. The van der Waals surface area contributed by atoms with Gasteiger partial charge in [-0.2, -0.15) is 0 Å². The first kappa shape index (κ1) is 36.1. The number of nitrogens with one attached hydrogen (secondary N) is 1. The van der Waals surface area contributed by atoms with Crippen LogP contribution in [0.1, 0.15) is 41.5 Å². The second-order valence-electron chi connectivity index (χ2n) is 14.0. The minimum absolute atomic E-state index is 0.0993. The summed E-state index contributed by atoms with van der Waals surface area (Å²) >= 11 is 0. The van der Waals surface area contributed by atoms with Crippen molar-refractivity contribution in [3.63, 3.8) is 0 Å². The number of hydrogen-bond acceptors (Lipinski definition) is 10. The van der Waals surface area contributed by atoms with Gasteiger partial charge in [0.25, 0.3) is 5.91 Å². The molecule has 0 radical (unpaired) electrons. The number of rotatable bonds is 11. The molecule has 0 aliphatic carbocycles. The molecule has 256 valence electrons. The molecular formula is C33H48FN7O5Si. The van der Waals surface area contributed by atoms with Crippen LogP contribution in [-0.2, 0) is 18.8 Å². The molecule has 0 spiro atoms. The van der Waals surface area contributed by atoms with Crippen LogP contribution in [0.15, 0.2) is 53.5 Å². The Hall–Kier alpha value is -3.72. The van der Waals surface area contributed by atoms with Crippen LogP contribution in [0.5, 0.6) is 11.6 Å². The van der Waals surface area contributed by atoms with Crippen LogP contribution in [0.3, 0.4) is 0 Å². The van der Waals surface area contributed by atoms with Gasteiger partial charge in [0.05, 0.1) is 36.8 Å². The molecule has 0 saturated carbocycles. The van der Waals surface area contributed by atoms with E-state index in [4.69, 9.17) is 13.9 Å². The zero-order valence-corrected chi connectivity index (χ0v) is 29.9. The number of piperazine rings is 1. The van der Waals surface area contributed by atoms with Gasteiger partial charge in [-0.05, 0) is 63.2 Å². The number of anilines is 1. The predicted octanol–water partition coefficient (Wildman–Crippen LogP) is 4.88. The average Bonchev–Trinajstić information content (AvgIpc) is 3.01. The SMILES string of the molecule is COC1C=NC(C(=O)N2CCN([C@@H](C)C(=O)Nc3cnc(Oc4ccc(F)cc4)cn3)CC2(C)C)=CN1CCO[Si](C)(C)C(C)(C)C. The number of nitrogens with zero attached hydrogens (tertiary/aromatic N) is 6. The van der Waals surface area contributed by atoms with Crippen molar-refractivity contribution in [1.29, 1.82) is 0 Å². The van der Waals surface area contributed by atoms with E-state index >= 15 is 0 Å². The van der Waals surface area contributed by atoms with Crippen molar-refractivity contribution in [1.82, 2.24) is 24.7 Å². The highest BCUT2D eigenvalue weighted by Crippen LogP contribution is 2.36. The Bertz CT molecular complexity index is 1460. The number of aliphatic imine (C=N–C) groups is 1. The Balaban J connectivity index is 1.33. The van der Waals surface area contributed by atoms with Crippen LogP contribution in [0.4, 0.5) is 10.2 Å². The topological polar surface area (TPSA) is 122 Å². The fourth-order valence-electron chi connectivity index (χ4n) is 5.11. The van der Waals surface area contributed by atoms with Crippen molar-refractivity contribution >= 4 is 32.2 Å². The molecule has 1 N–H and O–H groups in total. The molecule has 14 heteroatoms. The summed E-state index contributed by atoms with van der Waals surface area (Å²) in [5.41, 5.74) is -0.239. The third-order valence-corrected chi connectivity index (χ3v) is 13.6. The van der Waals surface area contributed by atoms with Crippen LogP contribution in [-0.4, -0.2) is 109 Å². The summed E-state index contributed by atoms with van der Waals surface area (Å²) in [6, 6.07) is 5.06. The van der Waals surface area contributed by atoms with Crippen molar-refractivity contribution < 1.29 is 27.9 Å². The van der Waals surface area contributed by atoms with Gasteiger partial charge >= 0.3 is 0 Å². The van der Waals surface area contributed by atoms with Crippen LogP contribution >= 0.6 is 0 Å². The van der Waals surface area contributed by atoms with E-state index in [-0.39, 0.29) is 40.6 Å². The van der Waals surface area contributed by atoms with E-state index in [9.17, 15) is 14.0 Å². The standard InChI is InChI=1S/C33H48FN7O5Si/c1-23(30(42)38-27-18-37-28(19-36-27)46-25-12-10-24(34)11-13-25)40-14-15-41(33(5,6)22-40)31(43)26-21-39(29(44-7)20-35-26)16-17-45-47(8,9)32(2,3)4/h10-13,18-21,23,29H,14-17,22H2,1-9H3,(H,36,38,42)/t23-,29?/m0/s1. The zero-order valence-electron chi connectivity index (χ0n) is 28.9. The van der Waals surface area contributed by atoms with E-state index in [1.807, 2.05) is 35.5 Å². The maximum Gasteiger partial charge on any atom is 0.274 e. The van der Waals surface area contributed by atoms with Gasteiger partial charge in [-0.1, -0.05) is 20.8 Å². The number of ether oxygens (including phenoxy) is 2. The molecule has 3 heterocycles. The number of halogens is 1. The highest BCUT2D eigenvalue weighted by Gasteiger charge is 2.41. The summed E-state index contributed by atoms with van der Waals surface area (Å²) in [5.74, 6) is 0.115. The summed E-state index contributed by atoms with van der Waals surface area (Å²) in [7, 11) is -0.305. The molecule has 2 amide bonds. The smallest absolute Gasteiger partial charge is 0.274 e. The van der Waals surface area contributed by atoms with Gasteiger partial charge < -0.3 is 29.0 Å². The first-order chi connectivity index (χ1) is 22.0. The molecule has 0 bridgehead atoms. The number of methoxy groups -OCH3 is 1. The molecule has 1 unspecified atom stereocenters. The van der Waals surface area contributed by atoms with Crippen LogP contribution in [0.25, 0.3) is 0 Å². The van der Waals surface area contributed by atoms with Crippen LogP contribution < -0.4 is 10.1 Å². The molecule has 2 aliphatic heterocycles. The minimum Gasteiger partial charge on any atom is -0.438 e. The van der Waals surface area contributed by atoms with Gasteiger partial charge in [0.2, 0.25) is 11.8 Å². The van der Waals surface area contributed by atoms with Gasteiger partial charge in [0, 0.05) is 39.5 Å². The van der Waals surface area contributed by atoms with Crippen molar-refractivity contribution in [2.75, 3.05) is 45.2 Å². The number of aromatic nitrogens is 2. The van der Waals surface area contributed by atoms with E-state index in [2.05, 4.69) is 54.1 Å². The molecule has 2 atom stereocenters. The first-order valence-corrected chi connectivity index (χ1v) is 18.7. The third kappa shape index (κ3) is 9.00. The Kier molecular flexibility index (Phi) is 11.2. The summed E-state index contributed by atoms with van der Waals surface area (Å²) in [5, 5.41) is 2.91. The van der Waals surface area contributed by atoms with Gasteiger partial charge in [-0.3, -0.25) is 14.5 Å². The number of carbonyl (C=O) groups is 2. The van der Waals surface area contributed by atoms with Crippen LogP contribution in [0.2, 0.25) is 18.1 Å². The Morgan fingerprint density at radius 1 is 1.13 bits per heavy atom. The van der Waals surface area contributed by atoms with Gasteiger partial charge in [0.15, 0.2) is 20.4 Å². The number of benzene rings is 1. The second-order valence-corrected chi connectivity index (χ2v) is 18.8. The Labute approximate surface area is 278 Å². The average molecular weight is 670 g/mol. The van der Waals surface area contributed by atoms with Crippen molar-refractivity contribution in [3.8, 4) is 11.6 Å². The Morgan fingerprint density at radius 2 is 1.83 bits per heavy atom. The molecule has 1 fully saturated rings. The highest BCUT2D eigenvalue weighted by atomic mass is 28.4. The van der Waals surface area contributed by atoms with Crippen molar-refractivity contribution in [2.45, 2.75) is 77.5 Å². The summed E-state index contributed by atoms with van der Waals surface area (Å²) in [4.78, 5) is 45.7. The van der Waals surface area contributed by atoms with Crippen LogP contribution in [0, 0.1) is 5.82 Å². The molecule has 4 rings (SSSR count). The molecule has 47 heavy (non-hydrogen) atoms. The third-order valence-electron chi connectivity index (χ3n) is 9.05. The molecular weight excluding hydrogens is 621 g/mol. The molecule has 2 aliphatic rings. The molecule has 12 nitrogen and oxygen atoms in total. The fraction of sp³-hybridized carbons (Fsp3) is 0.545. The van der Waals surface area contributed by atoms with Gasteiger partial charge in [0.1, 0.15) is 17.3 Å². The normalized spacial score (nSPS) is 19.3. The van der Waals surface area contributed by atoms with E-state index in [1.165, 1.54) is 36.7 Å². The lowest BCUT2D eigenvalue weighted by Crippen LogP contribution is -2.64. The van der Waals surface area contributed by atoms with E-state index in [1.54, 1.807) is 19.5 Å². The minimum atomic E-state index is -1.92. The maximum absolute atomic E-state index is 13.8.